The second-order valence-electron chi connectivity index (χ2n) is 5.05. The van der Waals surface area contributed by atoms with E-state index in [1.807, 2.05) is 37.3 Å². The van der Waals surface area contributed by atoms with Crippen LogP contribution >= 0.6 is 28.1 Å². The number of nitrogens with one attached hydrogen (secondary N) is 3. The summed E-state index contributed by atoms with van der Waals surface area (Å²) in [5.74, 6) is 0.419. The minimum absolute atomic E-state index is 0.214. The van der Waals surface area contributed by atoms with Crippen molar-refractivity contribution in [1.82, 2.24) is 10.6 Å². The molecule has 5 nitrogen and oxygen atoms in total. The Kier molecular flexibility index (Phi) is 4.49. The van der Waals surface area contributed by atoms with Gasteiger partial charge in [-0.3, -0.25) is 4.79 Å². The summed E-state index contributed by atoms with van der Waals surface area (Å²) in [5.41, 5.74) is 1.95. The van der Waals surface area contributed by atoms with Crippen molar-refractivity contribution in [3.63, 3.8) is 0 Å². The van der Waals surface area contributed by atoms with Crippen LogP contribution < -0.4 is 16.0 Å². The van der Waals surface area contributed by atoms with Gasteiger partial charge in [0, 0.05) is 15.9 Å². The first-order valence-electron chi connectivity index (χ1n) is 6.93. The molecule has 3 rings (SSSR count). The molecule has 2 aromatic rings. The van der Waals surface area contributed by atoms with E-state index >= 15 is 0 Å². The predicted molar refractivity (Wildman–Crippen MR) is 95.8 cm³/mol. The lowest BCUT2D eigenvalue weighted by molar-refractivity contribution is -0.113. The van der Waals surface area contributed by atoms with Crippen LogP contribution in [0.25, 0.3) is 0 Å². The molecular weight excluding hydrogens is 378 g/mol. The van der Waals surface area contributed by atoms with E-state index in [4.69, 9.17) is 16.6 Å². The number of carbonyl (C=O) groups is 1. The first kappa shape index (κ1) is 15.8. The highest BCUT2D eigenvalue weighted by atomic mass is 79.9. The molecule has 1 aliphatic rings. The minimum atomic E-state index is -0.422. The third kappa shape index (κ3) is 3.46. The van der Waals surface area contributed by atoms with Crippen LogP contribution in [0.4, 0.5) is 5.69 Å². The van der Waals surface area contributed by atoms with Crippen LogP contribution in [0.2, 0.25) is 0 Å². The Hall–Kier alpha value is -2.12. The van der Waals surface area contributed by atoms with Crippen molar-refractivity contribution in [3.8, 4) is 0 Å². The van der Waals surface area contributed by atoms with E-state index in [-0.39, 0.29) is 5.91 Å². The molecular formula is C16H14BrN3O2S. The van der Waals surface area contributed by atoms with Gasteiger partial charge in [-0.1, -0.05) is 15.9 Å². The fraction of sp³-hybridized carbons (Fsp3) is 0.125. The maximum atomic E-state index is 12.7. The summed E-state index contributed by atoms with van der Waals surface area (Å²) in [5, 5.41) is 9.42. The summed E-state index contributed by atoms with van der Waals surface area (Å²) in [6, 6.07) is 10.6. The smallest absolute Gasteiger partial charge is 0.255 e. The summed E-state index contributed by atoms with van der Waals surface area (Å²) >= 11 is 8.55. The van der Waals surface area contributed by atoms with E-state index in [1.165, 1.54) is 0 Å². The molecule has 1 amide bonds. The maximum Gasteiger partial charge on any atom is 0.255 e. The highest BCUT2D eigenvalue weighted by molar-refractivity contribution is 9.10. The molecule has 23 heavy (non-hydrogen) atoms. The average molecular weight is 392 g/mol. The molecule has 2 heterocycles. The average Bonchev–Trinajstić information content (AvgIpc) is 3.03. The highest BCUT2D eigenvalue weighted by Gasteiger charge is 2.31. The lowest BCUT2D eigenvalue weighted by Gasteiger charge is -2.28. The Labute approximate surface area is 147 Å². The third-order valence-corrected chi connectivity index (χ3v) is 4.19. The highest BCUT2D eigenvalue weighted by Crippen LogP contribution is 2.28. The number of furan rings is 1. The van der Waals surface area contributed by atoms with E-state index in [0.29, 0.717) is 27.8 Å². The van der Waals surface area contributed by atoms with Crippen LogP contribution in [0.1, 0.15) is 18.7 Å². The van der Waals surface area contributed by atoms with E-state index in [2.05, 4.69) is 31.9 Å². The van der Waals surface area contributed by atoms with Gasteiger partial charge in [0.1, 0.15) is 11.8 Å². The zero-order valence-corrected chi connectivity index (χ0v) is 14.6. The fourth-order valence-electron chi connectivity index (χ4n) is 2.40. The van der Waals surface area contributed by atoms with Crippen molar-refractivity contribution in [2.45, 2.75) is 13.0 Å². The standard InChI is InChI=1S/C16H14BrN3O2S/c1-9-13(15(21)19-11-6-4-10(17)5-7-11)14(20-16(23)18-9)12-3-2-8-22-12/h2-8,14H,1H3,(H,19,21)(H2,18,20,23)/t14-/m0/s1. The maximum absolute atomic E-state index is 12.7. The molecule has 0 radical (unpaired) electrons. The van der Waals surface area contributed by atoms with E-state index in [1.54, 1.807) is 12.3 Å². The number of rotatable bonds is 3. The molecule has 7 heteroatoms. The molecule has 1 aliphatic heterocycles. The molecule has 1 atom stereocenters. The van der Waals surface area contributed by atoms with Crippen LogP contribution in [0, 0.1) is 0 Å². The lowest BCUT2D eigenvalue weighted by Crippen LogP contribution is -2.45. The molecule has 0 saturated carbocycles. The summed E-state index contributed by atoms with van der Waals surface area (Å²) in [6.07, 6.45) is 1.57. The second kappa shape index (κ2) is 6.55. The van der Waals surface area contributed by atoms with Crippen molar-refractivity contribution in [1.29, 1.82) is 0 Å². The van der Waals surface area contributed by atoms with Gasteiger partial charge < -0.3 is 20.4 Å². The number of amides is 1. The summed E-state index contributed by atoms with van der Waals surface area (Å²) in [6.45, 7) is 1.82. The number of anilines is 1. The van der Waals surface area contributed by atoms with Gasteiger partial charge in [0.15, 0.2) is 5.11 Å². The minimum Gasteiger partial charge on any atom is -0.467 e. The monoisotopic (exact) mass is 391 g/mol. The second-order valence-corrected chi connectivity index (χ2v) is 6.37. The van der Waals surface area contributed by atoms with Gasteiger partial charge in [-0.25, -0.2) is 0 Å². The molecule has 0 fully saturated rings. The first-order chi connectivity index (χ1) is 11.0. The summed E-state index contributed by atoms with van der Waals surface area (Å²) in [4.78, 5) is 12.7. The van der Waals surface area contributed by atoms with Crippen LogP contribution in [-0.4, -0.2) is 11.0 Å². The molecule has 0 spiro atoms. The predicted octanol–water partition coefficient (Wildman–Crippen LogP) is 3.47. The Morgan fingerprint density at radius 2 is 2.04 bits per heavy atom. The van der Waals surface area contributed by atoms with Crippen molar-refractivity contribution in [2.75, 3.05) is 5.32 Å². The fourth-order valence-corrected chi connectivity index (χ4v) is 2.93. The van der Waals surface area contributed by atoms with Crippen molar-refractivity contribution < 1.29 is 9.21 Å². The van der Waals surface area contributed by atoms with Gasteiger partial charge >= 0.3 is 0 Å². The largest absolute Gasteiger partial charge is 0.467 e. The quantitative estimate of drug-likeness (QED) is 0.699. The zero-order chi connectivity index (χ0) is 16.4. The number of halogens is 1. The van der Waals surface area contributed by atoms with Gasteiger partial charge in [0.2, 0.25) is 0 Å². The lowest BCUT2D eigenvalue weighted by atomic mass is 10.00. The number of thiocarbonyl (C=S) groups is 1. The topological polar surface area (TPSA) is 66.3 Å². The van der Waals surface area contributed by atoms with Crippen molar-refractivity contribution in [3.05, 3.63) is 64.2 Å². The third-order valence-electron chi connectivity index (χ3n) is 3.44. The Morgan fingerprint density at radius 1 is 1.30 bits per heavy atom. The molecule has 0 bridgehead atoms. The molecule has 1 aromatic heterocycles. The van der Waals surface area contributed by atoms with Gasteiger partial charge in [0.25, 0.3) is 5.91 Å². The van der Waals surface area contributed by atoms with Gasteiger partial charge in [-0.05, 0) is 55.5 Å². The Morgan fingerprint density at radius 3 is 2.70 bits per heavy atom. The molecule has 0 unspecified atom stereocenters. The first-order valence-corrected chi connectivity index (χ1v) is 8.13. The molecule has 3 N–H and O–H groups in total. The molecule has 0 aliphatic carbocycles. The van der Waals surface area contributed by atoms with E-state index in [0.717, 1.165) is 4.47 Å². The normalized spacial score (nSPS) is 17.5. The Bertz CT molecular complexity index is 769. The van der Waals surface area contributed by atoms with Gasteiger partial charge in [-0.2, -0.15) is 0 Å². The van der Waals surface area contributed by atoms with Gasteiger partial charge in [0.05, 0.1) is 11.8 Å². The van der Waals surface area contributed by atoms with Crippen LogP contribution in [-0.2, 0) is 4.79 Å². The number of allylic oxidation sites excluding steroid dienone is 1. The molecule has 0 saturated heterocycles. The van der Waals surface area contributed by atoms with Crippen LogP contribution in [0.3, 0.4) is 0 Å². The van der Waals surface area contributed by atoms with Crippen LogP contribution in [0.15, 0.2) is 62.8 Å². The number of hydrogen-bond acceptors (Lipinski definition) is 3. The molecule has 118 valence electrons. The van der Waals surface area contributed by atoms with Crippen LogP contribution in [0.5, 0.6) is 0 Å². The summed E-state index contributed by atoms with van der Waals surface area (Å²) < 4.78 is 6.40. The summed E-state index contributed by atoms with van der Waals surface area (Å²) in [7, 11) is 0. The zero-order valence-electron chi connectivity index (χ0n) is 12.2. The molecule has 1 aromatic carbocycles. The van der Waals surface area contributed by atoms with Gasteiger partial charge in [-0.15, -0.1) is 0 Å². The van der Waals surface area contributed by atoms with E-state index < -0.39 is 6.04 Å². The number of carbonyl (C=O) groups excluding carboxylic acids is 1. The SMILES string of the molecule is CC1=C(C(=O)Nc2ccc(Br)cc2)[C@H](c2ccco2)NC(=S)N1. The van der Waals surface area contributed by atoms with Crippen molar-refractivity contribution >= 4 is 44.9 Å². The number of benzene rings is 1. The van der Waals surface area contributed by atoms with E-state index in [9.17, 15) is 4.79 Å². The Balaban J connectivity index is 1.90. The van der Waals surface area contributed by atoms with Crippen molar-refractivity contribution in [2.24, 2.45) is 0 Å². The number of hydrogen-bond donors (Lipinski definition) is 3.